The van der Waals surface area contributed by atoms with E-state index in [4.69, 9.17) is 4.74 Å². The summed E-state index contributed by atoms with van der Waals surface area (Å²) >= 11 is 0. The van der Waals surface area contributed by atoms with Gasteiger partial charge in [-0.25, -0.2) is 4.79 Å². The summed E-state index contributed by atoms with van der Waals surface area (Å²) in [6, 6.07) is 32.6. The highest BCUT2D eigenvalue weighted by atomic mass is 16.5. The number of carbonyl (C=O) groups is 2. The van der Waals surface area contributed by atoms with Crippen molar-refractivity contribution in [1.82, 2.24) is 4.40 Å². The van der Waals surface area contributed by atoms with Gasteiger partial charge in [0.25, 0.3) is 0 Å². The minimum atomic E-state index is -1.10. The molecule has 6 rings (SSSR count). The molecule has 0 unspecified atom stereocenters. The zero-order valence-corrected chi connectivity index (χ0v) is 21.8. The fourth-order valence-corrected chi connectivity index (χ4v) is 4.74. The van der Waals surface area contributed by atoms with E-state index in [-0.39, 0.29) is 16.9 Å². The Labute approximate surface area is 227 Å². The lowest BCUT2D eigenvalue weighted by Gasteiger charge is -2.28. The predicted molar refractivity (Wildman–Crippen MR) is 154 cm³/mol. The number of hydrogen-bond donors (Lipinski definition) is 1. The summed E-state index contributed by atoms with van der Waals surface area (Å²) in [4.78, 5) is 26.0. The van der Waals surface area contributed by atoms with Gasteiger partial charge in [-0.1, -0.05) is 54.6 Å². The van der Waals surface area contributed by atoms with Crippen molar-refractivity contribution < 1.29 is 19.4 Å². The van der Waals surface area contributed by atoms with Gasteiger partial charge in [-0.3, -0.25) is 4.79 Å². The van der Waals surface area contributed by atoms with Crippen molar-refractivity contribution in [1.29, 1.82) is 0 Å². The fourth-order valence-electron chi connectivity index (χ4n) is 4.74. The van der Waals surface area contributed by atoms with Crippen molar-refractivity contribution in [3.8, 4) is 11.1 Å². The van der Waals surface area contributed by atoms with Crippen LogP contribution >= 0.6 is 0 Å². The molecule has 5 aromatic rings. The van der Waals surface area contributed by atoms with Gasteiger partial charge in [-0.2, -0.15) is 0 Å². The van der Waals surface area contributed by atoms with E-state index in [0.29, 0.717) is 18.8 Å². The summed E-state index contributed by atoms with van der Waals surface area (Å²) < 4.78 is 7.55. The number of carboxylic acid groups (broad SMARTS) is 1. The number of carboxylic acids is 1. The zero-order chi connectivity index (χ0) is 27.2. The molecule has 0 saturated carbocycles. The number of hydrogen-bond acceptors (Lipinski definition) is 4. The van der Waals surface area contributed by atoms with Gasteiger partial charge >= 0.3 is 5.97 Å². The average Bonchev–Trinajstić information content (AvgIpc) is 3.44. The number of nitrogens with zero attached hydrogens (tertiary/aromatic N) is 2. The van der Waals surface area contributed by atoms with E-state index in [1.807, 2.05) is 18.2 Å². The summed E-state index contributed by atoms with van der Waals surface area (Å²) in [5, 5.41) is 9.21. The number of benzene rings is 3. The van der Waals surface area contributed by atoms with E-state index in [1.165, 1.54) is 28.4 Å². The standard InChI is InChI=1S/C18H17NO4.C15H13N/c20-17(15-3-1-2-4-16(15)18(21)22)13-5-7-14(8-6-13)19-9-11-23-12-10-19;1-12-6-5-9-15-10-14(11-16(12)15)13-7-3-2-4-8-13/h1-8H,9-12H2,(H,21,22);2-11H,1H3. The molecule has 1 saturated heterocycles. The van der Waals surface area contributed by atoms with Gasteiger partial charge in [-0.15, -0.1) is 0 Å². The van der Waals surface area contributed by atoms with E-state index in [9.17, 15) is 14.7 Å². The van der Waals surface area contributed by atoms with Crippen molar-refractivity contribution in [2.24, 2.45) is 0 Å². The molecule has 6 nitrogen and oxygen atoms in total. The Bertz CT molecular complexity index is 1580. The molecule has 1 aliphatic heterocycles. The predicted octanol–water partition coefficient (Wildman–Crippen LogP) is 6.37. The van der Waals surface area contributed by atoms with Gasteiger partial charge < -0.3 is 19.1 Å². The van der Waals surface area contributed by atoms with Crippen molar-refractivity contribution >= 4 is 23.0 Å². The van der Waals surface area contributed by atoms with Crippen LogP contribution in [0.25, 0.3) is 16.6 Å². The van der Waals surface area contributed by atoms with Crippen LogP contribution in [0.1, 0.15) is 32.0 Å². The first kappa shape index (κ1) is 25.9. The number of aryl methyl sites for hydroxylation is 1. The number of anilines is 1. The second-order valence-corrected chi connectivity index (χ2v) is 9.38. The highest BCUT2D eigenvalue weighted by Gasteiger charge is 2.18. The number of carbonyl (C=O) groups excluding carboxylic acids is 1. The molecule has 0 aliphatic carbocycles. The van der Waals surface area contributed by atoms with Gasteiger partial charge in [0.05, 0.1) is 18.8 Å². The molecule has 0 amide bonds. The Morgan fingerprint density at radius 1 is 0.744 bits per heavy atom. The molecule has 0 bridgehead atoms. The molecule has 6 heteroatoms. The molecule has 1 aliphatic rings. The molecule has 3 heterocycles. The molecule has 3 aromatic carbocycles. The van der Waals surface area contributed by atoms with Gasteiger partial charge in [-0.05, 0) is 61.0 Å². The topological polar surface area (TPSA) is 71.2 Å². The number of aromatic carboxylic acids is 1. The first-order valence-corrected chi connectivity index (χ1v) is 12.9. The Morgan fingerprint density at radius 3 is 2.08 bits per heavy atom. The largest absolute Gasteiger partial charge is 0.478 e. The van der Waals surface area contributed by atoms with Crippen molar-refractivity contribution in [3.63, 3.8) is 0 Å². The summed E-state index contributed by atoms with van der Waals surface area (Å²) in [7, 11) is 0. The maximum Gasteiger partial charge on any atom is 0.336 e. The molecule has 39 heavy (non-hydrogen) atoms. The number of morpholine rings is 1. The number of ketones is 1. The quantitative estimate of drug-likeness (QED) is 0.274. The summed E-state index contributed by atoms with van der Waals surface area (Å²) in [6.45, 7) is 5.19. The smallest absolute Gasteiger partial charge is 0.336 e. The Hall–Kier alpha value is -4.68. The van der Waals surface area contributed by atoms with Crippen LogP contribution in [0.5, 0.6) is 0 Å². The van der Waals surface area contributed by atoms with Gasteiger partial charge in [0.1, 0.15) is 0 Å². The number of pyridine rings is 1. The van der Waals surface area contributed by atoms with Gasteiger partial charge in [0.15, 0.2) is 5.78 Å². The highest BCUT2D eigenvalue weighted by Crippen LogP contribution is 2.23. The minimum absolute atomic E-state index is 0.0229. The third kappa shape index (κ3) is 5.92. The van der Waals surface area contributed by atoms with Gasteiger partial charge in [0, 0.05) is 52.9 Å². The molecular formula is C33H30N2O4. The maximum absolute atomic E-state index is 12.6. The van der Waals surface area contributed by atoms with Crippen LogP contribution < -0.4 is 4.90 Å². The average molecular weight is 519 g/mol. The zero-order valence-electron chi connectivity index (χ0n) is 21.8. The summed E-state index contributed by atoms with van der Waals surface area (Å²) in [5.74, 6) is -1.38. The third-order valence-electron chi connectivity index (χ3n) is 6.85. The molecule has 196 valence electrons. The fraction of sp³-hybridized carbons (Fsp3) is 0.152. The molecular weight excluding hydrogens is 488 g/mol. The van der Waals surface area contributed by atoms with Crippen molar-refractivity contribution in [3.05, 3.63) is 132 Å². The van der Waals surface area contributed by atoms with Crippen LogP contribution in [-0.4, -0.2) is 47.6 Å². The molecule has 0 radical (unpaired) electrons. The molecule has 0 atom stereocenters. The van der Waals surface area contributed by atoms with E-state index < -0.39 is 5.97 Å². The number of rotatable bonds is 5. The summed E-state index contributed by atoms with van der Waals surface area (Å²) in [6.07, 6.45) is 2.19. The number of ether oxygens (including phenoxy) is 1. The van der Waals surface area contributed by atoms with Crippen LogP contribution in [0.4, 0.5) is 5.69 Å². The second-order valence-electron chi connectivity index (χ2n) is 9.38. The lowest BCUT2D eigenvalue weighted by Crippen LogP contribution is -2.36. The van der Waals surface area contributed by atoms with Crippen molar-refractivity contribution in [2.75, 3.05) is 31.2 Å². The van der Waals surface area contributed by atoms with Gasteiger partial charge in [0.2, 0.25) is 0 Å². The van der Waals surface area contributed by atoms with Crippen molar-refractivity contribution in [2.45, 2.75) is 6.92 Å². The van der Waals surface area contributed by atoms with E-state index in [1.54, 1.807) is 30.3 Å². The second kappa shape index (κ2) is 11.8. The van der Waals surface area contributed by atoms with Crippen LogP contribution in [0.3, 0.4) is 0 Å². The first-order chi connectivity index (χ1) is 19.0. The summed E-state index contributed by atoms with van der Waals surface area (Å²) in [5.41, 5.74) is 6.81. The number of fused-ring (bicyclic) bond motifs is 1. The lowest BCUT2D eigenvalue weighted by atomic mass is 9.98. The van der Waals surface area contributed by atoms with Crippen LogP contribution in [0.2, 0.25) is 0 Å². The molecule has 0 spiro atoms. The van der Waals surface area contributed by atoms with E-state index in [0.717, 1.165) is 18.8 Å². The van der Waals surface area contributed by atoms with Crippen LogP contribution in [0, 0.1) is 6.92 Å². The SMILES string of the molecule is Cc1cccc2cc(-c3ccccc3)cn12.O=C(O)c1ccccc1C(=O)c1ccc(N2CCOCC2)cc1. The lowest BCUT2D eigenvalue weighted by molar-refractivity contribution is 0.0692. The monoisotopic (exact) mass is 518 g/mol. The number of aromatic nitrogens is 1. The normalized spacial score (nSPS) is 13.0. The van der Waals surface area contributed by atoms with Crippen LogP contribution in [0.15, 0.2) is 109 Å². The van der Waals surface area contributed by atoms with E-state index in [2.05, 4.69) is 71.0 Å². The molecule has 1 fully saturated rings. The Kier molecular flexibility index (Phi) is 7.85. The minimum Gasteiger partial charge on any atom is -0.478 e. The maximum atomic E-state index is 12.6. The van der Waals surface area contributed by atoms with E-state index >= 15 is 0 Å². The highest BCUT2D eigenvalue weighted by molar-refractivity contribution is 6.14. The first-order valence-electron chi connectivity index (χ1n) is 12.9. The molecule has 1 N–H and O–H groups in total. The Morgan fingerprint density at radius 2 is 1.41 bits per heavy atom. The Balaban J connectivity index is 0.000000168. The van der Waals surface area contributed by atoms with Crippen LogP contribution in [-0.2, 0) is 4.74 Å². The molecule has 2 aromatic heterocycles. The third-order valence-corrected chi connectivity index (χ3v) is 6.85.